The molecule has 0 heterocycles. The van der Waals surface area contributed by atoms with Crippen molar-refractivity contribution in [3.8, 4) is 0 Å². The van der Waals surface area contributed by atoms with Crippen LogP contribution in [0.5, 0.6) is 0 Å². The van der Waals surface area contributed by atoms with Gasteiger partial charge >= 0.3 is 0 Å². The van der Waals surface area contributed by atoms with Crippen LogP contribution < -0.4 is 0 Å². The highest BCUT2D eigenvalue weighted by Gasteiger charge is 1.93. The third-order valence-corrected chi connectivity index (χ3v) is 2.01. The highest BCUT2D eigenvalue weighted by Crippen LogP contribution is 2.01. The lowest BCUT2D eigenvalue weighted by molar-refractivity contribution is -0.117. The van der Waals surface area contributed by atoms with Gasteiger partial charge in [-0.15, -0.1) is 6.58 Å². The maximum atomic E-state index is 10.6. The zero-order valence-corrected chi connectivity index (χ0v) is 9.26. The monoisotopic (exact) mass is 198 g/mol. The fourth-order valence-electron chi connectivity index (χ4n) is 1.19. The smallest absolute Gasteiger partial charge is 0.129 e. The molecule has 0 radical (unpaired) electrons. The molecule has 0 aliphatic heterocycles. The van der Waals surface area contributed by atoms with Crippen LogP contribution in [-0.4, -0.2) is 19.0 Å². The van der Waals surface area contributed by atoms with Crippen molar-refractivity contribution in [2.75, 3.05) is 13.2 Å². The van der Waals surface area contributed by atoms with Crippen LogP contribution in [-0.2, 0) is 9.53 Å². The van der Waals surface area contributed by atoms with E-state index >= 15 is 0 Å². The average Bonchev–Trinajstić information content (AvgIpc) is 2.15. The zero-order chi connectivity index (χ0) is 10.6. The molecule has 0 unspecified atom stereocenters. The molecule has 0 atom stereocenters. The molecule has 0 amide bonds. The largest absolute Gasteiger partial charge is 0.381 e. The Morgan fingerprint density at radius 1 is 1.21 bits per heavy atom. The molecule has 2 heteroatoms. The minimum absolute atomic E-state index is 0.289. The lowest BCUT2D eigenvalue weighted by atomic mass is 10.1. The van der Waals surface area contributed by atoms with Gasteiger partial charge in [-0.25, -0.2) is 0 Å². The molecule has 0 aliphatic carbocycles. The van der Waals surface area contributed by atoms with Crippen LogP contribution in [0.4, 0.5) is 0 Å². The van der Waals surface area contributed by atoms with E-state index in [4.69, 9.17) is 4.74 Å². The highest BCUT2D eigenvalue weighted by molar-refractivity contribution is 5.75. The van der Waals surface area contributed by atoms with Crippen molar-refractivity contribution in [3.63, 3.8) is 0 Å². The van der Waals surface area contributed by atoms with E-state index in [1.807, 2.05) is 6.08 Å². The van der Waals surface area contributed by atoms with Gasteiger partial charge in [-0.1, -0.05) is 12.5 Å². The summed E-state index contributed by atoms with van der Waals surface area (Å²) in [6.45, 7) is 6.95. The van der Waals surface area contributed by atoms with Crippen molar-refractivity contribution in [1.29, 1.82) is 0 Å². The van der Waals surface area contributed by atoms with Crippen molar-refractivity contribution in [2.45, 2.75) is 45.4 Å². The predicted molar refractivity (Wildman–Crippen MR) is 59.4 cm³/mol. The molecule has 0 rings (SSSR count). The number of unbranched alkanes of at least 4 members (excludes halogenated alkanes) is 3. The van der Waals surface area contributed by atoms with Gasteiger partial charge in [0.1, 0.15) is 5.78 Å². The molecule has 0 saturated heterocycles. The van der Waals surface area contributed by atoms with Crippen LogP contribution in [0.15, 0.2) is 12.7 Å². The van der Waals surface area contributed by atoms with Crippen LogP contribution in [0.3, 0.4) is 0 Å². The molecule has 0 N–H and O–H groups in total. The fraction of sp³-hybridized carbons (Fsp3) is 0.750. The summed E-state index contributed by atoms with van der Waals surface area (Å²) in [4.78, 5) is 10.6. The van der Waals surface area contributed by atoms with Crippen LogP contribution in [0.25, 0.3) is 0 Å². The molecule has 0 fully saturated rings. The fourth-order valence-corrected chi connectivity index (χ4v) is 1.19. The maximum Gasteiger partial charge on any atom is 0.129 e. The highest BCUT2D eigenvalue weighted by atomic mass is 16.5. The second kappa shape index (κ2) is 10.5. The van der Waals surface area contributed by atoms with Crippen LogP contribution in [0.1, 0.15) is 45.4 Å². The van der Waals surface area contributed by atoms with E-state index in [-0.39, 0.29) is 5.78 Å². The van der Waals surface area contributed by atoms with Gasteiger partial charge in [-0.05, 0) is 32.6 Å². The number of carbonyl (C=O) groups is 1. The summed E-state index contributed by atoms with van der Waals surface area (Å²) in [7, 11) is 0. The summed E-state index contributed by atoms with van der Waals surface area (Å²) in [5.74, 6) is 0.289. The number of hydrogen-bond acceptors (Lipinski definition) is 2. The van der Waals surface area contributed by atoms with Gasteiger partial charge < -0.3 is 9.53 Å². The topological polar surface area (TPSA) is 26.3 Å². The van der Waals surface area contributed by atoms with E-state index in [9.17, 15) is 4.79 Å². The van der Waals surface area contributed by atoms with E-state index in [0.717, 1.165) is 51.7 Å². The van der Waals surface area contributed by atoms with E-state index in [1.54, 1.807) is 6.92 Å². The van der Waals surface area contributed by atoms with Crippen molar-refractivity contribution < 1.29 is 9.53 Å². The first-order valence-electron chi connectivity index (χ1n) is 5.45. The summed E-state index contributed by atoms with van der Waals surface area (Å²) in [5, 5.41) is 0. The number of ketones is 1. The van der Waals surface area contributed by atoms with Gasteiger partial charge in [0.2, 0.25) is 0 Å². The Labute approximate surface area is 87.3 Å². The Bertz CT molecular complexity index is 152. The van der Waals surface area contributed by atoms with Crippen molar-refractivity contribution in [1.82, 2.24) is 0 Å². The lowest BCUT2D eigenvalue weighted by Gasteiger charge is -2.02. The van der Waals surface area contributed by atoms with E-state index in [1.165, 1.54) is 0 Å². The molecule has 0 spiro atoms. The molecule has 0 aromatic carbocycles. The average molecular weight is 198 g/mol. The predicted octanol–water partition coefficient (Wildman–Crippen LogP) is 3.12. The molecule has 2 nitrogen and oxygen atoms in total. The minimum Gasteiger partial charge on any atom is -0.381 e. The summed E-state index contributed by atoms with van der Waals surface area (Å²) >= 11 is 0. The van der Waals surface area contributed by atoms with Crippen LogP contribution >= 0.6 is 0 Å². The quantitative estimate of drug-likeness (QED) is 0.398. The maximum absolute atomic E-state index is 10.6. The number of hydrogen-bond donors (Lipinski definition) is 0. The van der Waals surface area contributed by atoms with Crippen LogP contribution in [0.2, 0.25) is 0 Å². The summed E-state index contributed by atoms with van der Waals surface area (Å²) < 4.78 is 5.41. The molecular weight excluding hydrogens is 176 g/mol. The molecule has 0 bridgehead atoms. The molecule has 82 valence electrons. The van der Waals surface area contributed by atoms with Gasteiger partial charge in [0, 0.05) is 19.6 Å². The second-order valence-electron chi connectivity index (χ2n) is 3.56. The van der Waals surface area contributed by atoms with Gasteiger partial charge in [0.05, 0.1) is 0 Å². The van der Waals surface area contributed by atoms with Crippen molar-refractivity contribution in [2.24, 2.45) is 0 Å². The standard InChI is InChI=1S/C12H22O2/c1-3-4-7-10-14-11-8-5-6-9-12(2)13/h3H,1,4-11H2,2H3. The normalized spacial score (nSPS) is 10.1. The summed E-state index contributed by atoms with van der Waals surface area (Å²) in [6, 6.07) is 0. The second-order valence-corrected chi connectivity index (χ2v) is 3.56. The first-order chi connectivity index (χ1) is 6.77. The van der Waals surface area contributed by atoms with Gasteiger partial charge in [0.15, 0.2) is 0 Å². The Balaban J connectivity index is 2.92. The molecule has 0 aromatic rings. The number of Topliss-reactive ketones (excluding diaryl/α,β-unsaturated/α-hetero) is 1. The Morgan fingerprint density at radius 2 is 1.93 bits per heavy atom. The third-order valence-electron chi connectivity index (χ3n) is 2.01. The first-order valence-corrected chi connectivity index (χ1v) is 5.45. The lowest BCUT2D eigenvalue weighted by Crippen LogP contribution is -1.97. The number of ether oxygens (including phenoxy) is 1. The van der Waals surface area contributed by atoms with Gasteiger partial charge in [-0.2, -0.15) is 0 Å². The van der Waals surface area contributed by atoms with Gasteiger partial charge in [-0.3, -0.25) is 0 Å². The number of allylic oxidation sites excluding steroid dienone is 1. The van der Waals surface area contributed by atoms with Crippen molar-refractivity contribution >= 4 is 5.78 Å². The zero-order valence-electron chi connectivity index (χ0n) is 9.26. The molecule has 0 aliphatic rings. The van der Waals surface area contributed by atoms with Crippen LogP contribution in [0, 0.1) is 0 Å². The summed E-state index contributed by atoms with van der Waals surface area (Å²) in [5.41, 5.74) is 0. The number of carbonyl (C=O) groups excluding carboxylic acids is 1. The van der Waals surface area contributed by atoms with E-state index in [0.29, 0.717) is 0 Å². The Hall–Kier alpha value is -0.630. The third kappa shape index (κ3) is 11.4. The first kappa shape index (κ1) is 13.4. The molecule has 14 heavy (non-hydrogen) atoms. The van der Waals surface area contributed by atoms with E-state index in [2.05, 4.69) is 6.58 Å². The molecule has 0 aromatic heterocycles. The van der Waals surface area contributed by atoms with Gasteiger partial charge in [0.25, 0.3) is 0 Å². The number of rotatable bonds is 10. The SMILES string of the molecule is C=CCCCOCCCCCC(C)=O. The summed E-state index contributed by atoms with van der Waals surface area (Å²) in [6.07, 6.45) is 7.90. The molecule has 0 saturated carbocycles. The Kier molecular flexibility index (Phi) is 9.98. The van der Waals surface area contributed by atoms with E-state index < -0.39 is 0 Å². The minimum atomic E-state index is 0.289. The molecular formula is C12H22O2. The Morgan fingerprint density at radius 3 is 2.57 bits per heavy atom. The van der Waals surface area contributed by atoms with Crippen molar-refractivity contribution in [3.05, 3.63) is 12.7 Å².